The second-order valence-electron chi connectivity index (χ2n) is 17.0. The van der Waals surface area contributed by atoms with Crippen molar-refractivity contribution in [3.8, 4) is 5.75 Å². The van der Waals surface area contributed by atoms with Gasteiger partial charge in [-0.05, 0) is 98.1 Å². The quantitative estimate of drug-likeness (QED) is 0.162. The van der Waals surface area contributed by atoms with Gasteiger partial charge in [0.15, 0.2) is 5.82 Å². The molecule has 1 aromatic heterocycles. The number of hydrogen-bond donors (Lipinski definition) is 3. The topological polar surface area (TPSA) is 131 Å². The van der Waals surface area contributed by atoms with Crippen molar-refractivity contribution in [2.24, 2.45) is 5.73 Å². The largest absolute Gasteiger partial charge is 0.507 e. The number of nitrogen functional groups attached to an aromatic ring is 1. The van der Waals surface area contributed by atoms with Crippen molar-refractivity contribution in [2.75, 3.05) is 67.9 Å². The van der Waals surface area contributed by atoms with Crippen LogP contribution in [0, 0.1) is 0 Å². The number of benzene rings is 3. The van der Waals surface area contributed by atoms with Gasteiger partial charge < -0.3 is 31.3 Å². The van der Waals surface area contributed by atoms with Gasteiger partial charge in [0, 0.05) is 75.4 Å². The molecule has 8 rings (SSSR count). The molecule has 13 heteroatoms. The number of nitrogens with zero attached hydrogens (tertiary/aromatic N) is 7. The maximum Gasteiger partial charge on any atom is 0.258 e. The number of halogens is 1. The van der Waals surface area contributed by atoms with E-state index in [4.69, 9.17) is 33.0 Å². The SMILES string of the molecule is CC(C)c1ccc(O)c(C(=O)N2Cc3ccc(CN4CCC(N5CCN(c6cccc(Sc7ncc(N8CCC(C)(N)CC8)nc7N)c6Cl)CC5)CC4)cc3C2)c1. The fourth-order valence-corrected chi connectivity index (χ4v) is 9.93. The van der Waals surface area contributed by atoms with Crippen molar-refractivity contribution >= 4 is 46.6 Å². The molecule has 0 unspecified atom stereocenters. The number of phenolic OH excluding ortho intramolecular Hbond substituents is 1. The molecule has 4 aliphatic heterocycles. The van der Waals surface area contributed by atoms with Crippen LogP contribution in [0.1, 0.15) is 85.0 Å². The Balaban J connectivity index is 0.808. The lowest BCUT2D eigenvalue weighted by Crippen LogP contribution is -2.53. The summed E-state index contributed by atoms with van der Waals surface area (Å²) in [4.78, 5) is 35.5. The van der Waals surface area contributed by atoms with E-state index in [-0.39, 0.29) is 23.1 Å². The average Bonchev–Trinajstić information content (AvgIpc) is 3.63. The Morgan fingerprint density at radius 2 is 1.68 bits per heavy atom. The predicted octanol–water partition coefficient (Wildman–Crippen LogP) is 6.95. The van der Waals surface area contributed by atoms with Crippen LogP contribution in [0.15, 0.2) is 70.7 Å². The third kappa shape index (κ3) is 8.85. The van der Waals surface area contributed by atoms with Gasteiger partial charge in [0.05, 0.1) is 22.5 Å². The molecule has 11 nitrogen and oxygen atoms in total. The lowest BCUT2D eigenvalue weighted by atomic mass is 9.91. The molecule has 4 aromatic rings. The van der Waals surface area contributed by atoms with Crippen LogP contribution < -0.4 is 21.3 Å². The van der Waals surface area contributed by atoms with Crippen LogP contribution >= 0.6 is 23.4 Å². The van der Waals surface area contributed by atoms with Crippen molar-refractivity contribution in [3.63, 3.8) is 0 Å². The molecule has 57 heavy (non-hydrogen) atoms. The highest BCUT2D eigenvalue weighted by atomic mass is 35.5. The Bertz CT molecular complexity index is 2090. The molecule has 3 saturated heterocycles. The van der Waals surface area contributed by atoms with Gasteiger partial charge in [0.1, 0.15) is 16.6 Å². The van der Waals surface area contributed by atoms with E-state index >= 15 is 0 Å². The van der Waals surface area contributed by atoms with Crippen LogP contribution in [0.3, 0.4) is 0 Å². The van der Waals surface area contributed by atoms with Crippen molar-refractivity contribution in [1.29, 1.82) is 0 Å². The standard InChI is InChI=1S/C44H56ClN9O2S/c1-29(2)31-9-10-37(55)35(24-31)43(56)54-27-32-8-7-30(23-33(32)28-54)26-50-15-11-34(12-16-50)51-19-21-52(22-20-51)36-5-4-6-38(40(36)45)57-42-41(46)49-39(25-48-42)53-17-13-44(3,47)14-18-53/h4-10,23-25,29,34,55H,11-22,26-28,47H2,1-3H3,(H2,46,49). The molecule has 302 valence electrons. The number of fused-ring (bicyclic) bond motifs is 1. The Morgan fingerprint density at radius 3 is 2.40 bits per heavy atom. The van der Waals surface area contributed by atoms with E-state index in [1.807, 2.05) is 29.3 Å². The molecule has 0 saturated carbocycles. The zero-order valence-electron chi connectivity index (χ0n) is 33.5. The number of carbonyl (C=O) groups excluding carboxylic acids is 1. The number of piperazine rings is 1. The number of amides is 1. The van der Waals surface area contributed by atoms with Crippen molar-refractivity contribution in [3.05, 3.63) is 93.6 Å². The summed E-state index contributed by atoms with van der Waals surface area (Å²) in [6.07, 6.45) is 5.95. The Labute approximate surface area is 346 Å². The van der Waals surface area contributed by atoms with E-state index in [1.165, 1.54) is 28.5 Å². The summed E-state index contributed by atoms with van der Waals surface area (Å²) >= 11 is 8.54. The smallest absolute Gasteiger partial charge is 0.258 e. The molecule has 0 spiro atoms. The molecule has 5 N–H and O–H groups in total. The third-order valence-corrected chi connectivity index (χ3v) is 14.0. The molecule has 0 atom stereocenters. The number of rotatable bonds is 9. The van der Waals surface area contributed by atoms with E-state index in [2.05, 4.69) is 70.7 Å². The van der Waals surface area contributed by atoms with E-state index in [0.717, 1.165) is 112 Å². The van der Waals surface area contributed by atoms with Crippen molar-refractivity contribution in [2.45, 2.75) is 93.5 Å². The van der Waals surface area contributed by atoms with Gasteiger partial charge in [-0.3, -0.25) is 14.6 Å². The molecule has 1 amide bonds. The van der Waals surface area contributed by atoms with Crippen LogP contribution in [0.5, 0.6) is 5.75 Å². The van der Waals surface area contributed by atoms with Crippen LogP contribution in [0.4, 0.5) is 17.3 Å². The fraction of sp³-hybridized carbons (Fsp3) is 0.477. The van der Waals surface area contributed by atoms with Gasteiger partial charge >= 0.3 is 0 Å². The lowest BCUT2D eigenvalue weighted by Gasteiger charge is -2.43. The van der Waals surface area contributed by atoms with Gasteiger partial charge in [-0.15, -0.1) is 0 Å². The number of aromatic nitrogens is 2. The first-order valence-corrected chi connectivity index (χ1v) is 21.7. The summed E-state index contributed by atoms with van der Waals surface area (Å²) in [6, 6.07) is 18.9. The first-order valence-electron chi connectivity index (χ1n) is 20.5. The zero-order chi connectivity index (χ0) is 39.8. The van der Waals surface area contributed by atoms with E-state index in [9.17, 15) is 9.90 Å². The van der Waals surface area contributed by atoms with Crippen molar-refractivity contribution in [1.82, 2.24) is 24.7 Å². The van der Waals surface area contributed by atoms with Gasteiger partial charge in [0.2, 0.25) is 0 Å². The van der Waals surface area contributed by atoms with Gasteiger partial charge in [-0.1, -0.05) is 67.5 Å². The highest BCUT2D eigenvalue weighted by molar-refractivity contribution is 7.99. The van der Waals surface area contributed by atoms with Gasteiger partial charge in [0.25, 0.3) is 5.91 Å². The molecule has 0 radical (unpaired) electrons. The fourth-order valence-electron chi connectivity index (χ4n) is 8.76. The zero-order valence-corrected chi connectivity index (χ0v) is 35.0. The number of likely N-dealkylation sites (tertiary alicyclic amines) is 1. The number of anilines is 3. The number of phenols is 1. The molecule has 5 heterocycles. The number of nitrogens with two attached hydrogens (primary N) is 2. The van der Waals surface area contributed by atoms with Gasteiger partial charge in [-0.25, -0.2) is 9.97 Å². The second-order valence-corrected chi connectivity index (χ2v) is 18.4. The van der Waals surface area contributed by atoms with Gasteiger partial charge in [-0.2, -0.15) is 0 Å². The number of hydrogen-bond acceptors (Lipinski definition) is 11. The highest BCUT2D eigenvalue weighted by Crippen LogP contribution is 2.40. The minimum Gasteiger partial charge on any atom is -0.507 e. The lowest BCUT2D eigenvalue weighted by molar-refractivity contribution is 0.0748. The molecule has 3 aromatic carbocycles. The van der Waals surface area contributed by atoms with E-state index in [0.29, 0.717) is 35.5 Å². The van der Waals surface area contributed by atoms with Crippen LogP contribution in [0.2, 0.25) is 5.02 Å². The predicted molar refractivity (Wildman–Crippen MR) is 230 cm³/mol. The molecular formula is C44H56ClN9O2S. The maximum absolute atomic E-state index is 13.5. The first-order chi connectivity index (χ1) is 27.4. The third-order valence-electron chi connectivity index (χ3n) is 12.5. The maximum atomic E-state index is 13.5. The summed E-state index contributed by atoms with van der Waals surface area (Å²) in [5.41, 5.74) is 18.8. The summed E-state index contributed by atoms with van der Waals surface area (Å²) in [6.45, 7) is 16.1. The Kier molecular flexibility index (Phi) is 11.6. The van der Waals surface area contributed by atoms with Crippen LogP contribution in [-0.2, 0) is 19.6 Å². The number of piperidine rings is 2. The minimum absolute atomic E-state index is 0.0462. The van der Waals surface area contributed by atoms with Crippen LogP contribution in [0.25, 0.3) is 0 Å². The Hall–Kier alpha value is -4.07. The monoisotopic (exact) mass is 809 g/mol. The first kappa shape index (κ1) is 39.7. The molecule has 0 aliphatic carbocycles. The molecule has 4 aliphatic rings. The highest BCUT2D eigenvalue weighted by Gasteiger charge is 2.31. The normalized spacial score (nSPS) is 19.4. The molecular weight excluding hydrogens is 754 g/mol. The number of carbonyl (C=O) groups is 1. The molecule has 0 bridgehead atoms. The summed E-state index contributed by atoms with van der Waals surface area (Å²) in [7, 11) is 0. The van der Waals surface area contributed by atoms with E-state index < -0.39 is 0 Å². The average molecular weight is 811 g/mol. The van der Waals surface area contributed by atoms with E-state index in [1.54, 1.807) is 6.07 Å². The second kappa shape index (κ2) is 16.7. The Morgan fingerprint density at radius 1 is 0.947 bits per heavy atom. The summed E-state index contributed by atoms with van der Waals surface area (Å²) in [5.74, 6) is 1.43. The molecule has 3 fully saturated rings. The van der Waals surface area contributed by atoms with Crippen LogP contribution in [-0.4, -0.2) is 99.6 Å². The number of aromatic hydroxyl groups is 1. The summed E-state index contributed by atoms with van der Waals surface area (Å²) < 4.78 is 0. The van der Waals surface area contributed by atoms with Crippen molar-refractivity contribution < 1.29 is 9.90 Å². The minimum atomic E-state index is -0.130. The summed E-state index contributed by atoms with van der Waals surface area (Å²) in [5, 5.41) is 11.9.